The lowest BCUT2D eigenvalue weighted by Crippen LogP contribution is -2.59. The number of hydroxylamine groups is 1. The summed E-state index contributed by atoms with van der Waals surface area (Å²) in [4.78, 5) is 47.4. The number of nitrogens with zero attached hydrogens (tertiary/aromatic N) is 1. The number of sulfonamides is 1. The van der Waals surface area contributed by atoms with Gasteiger partial charge in [-0.3, -0.25) is 19.2 Å². The number of halogens is 2. The van der Waals surface area contributed by atoms with Crippen molar-refractivity contribution in [2.45, 2.75) is 62.8 Å². The highest BCUT2D eigenvalue weighted by Crippen LogP contribution is 2.47. The Bertz CT molecular complexity index is 1720. The van der Waals surface area contributed by atoms with E-state index in [1.807, 2.05) is 0 Å². The fourth-order valence-electron chi connectivity index (χ4n) is 6.37. The second kappa shape index (κ2) is 14.5. The van der Waals surface area contributed by atoms with Gasteiger partial charge in [0.2, 0.25) is 10.0 Å². The van der Waals surface area contributed by atoms with Gasteiger partial charge in [0.1, 0.15) is 0 Å². The Labute approximate surface area is 278 Å². The van der Waals surface area contributed by atoms with Crippen LogP contribution in [0, 0.1) is 0 Å². The number of amides is 2. The molecule has 0 unspecified atom stereocenters. The van der Waals surface area contributed by atoms with Crippen molar-refractivity contribution in [2.75, 3.05) is 13.4 Å². The minimum atomic E-state index is -3.60. The lowest BCUT2D eigenvalue weighted by atomic mass is 9.76. The van der Waals surface area contributed by atoms with Crippen molar-refractivity contribution in [3.63, 3.8) is 0 Å². The zero-order valence-electron chi connectivity index (χ0n) is 25.4. The minimum Gasteiger partial charge on any atom is -0.469 e. The summed E-state index contributed by atoms with van der Waals surface area (Å²) in [5, 5.41) is 0.655. The lowest BCUT2D eigenvalue weighted by Gasteiger charge is -2.49. The summed E-state index contributed by atoms with van der Waals surface area (Å²) in [6.45, 7) is 0.0383. The van der Waals surface area contributed by atoms with Gasteiger partial charge in [-0.25, -0.2) is 18.6 Å². The fourth-order valence-corrected chi connectivity index (χ4v) is 7.72. The van der Waals surface area contributed by atoms with Crippen LogP contribution in [0.15, 0.2) is 66.7 Å². The Morgan fingerprint density at radius 1 is 0.957 bits per heavy atom. The van der Waals surface area contributed by atoms with Crippen LogP contribution < -0.4 is 10.2 Å². The van der Waals surface area contributed by atoms with Crippen LogP contribution in [-0.4, -0.2) is 56.6 Å². The molecule has 0 radical (unpaired) electrons. The van der Waals surface area contributed by atoms with E-state index in [9.17, 15) is 22.8 Å². The molecule has 5 rings (SSSR count). The topological polar surface area (TPSA) is 131 Å². The first-order valence-corrected chi connectivity index (χ1v) is 17.5. The van der Waals surface area contributed by atoms with Crippen molar-refractivity contribution in [1.29, 1.82) is 0 Å². The highest BCUT2D eigenvalue weighted by Gasteiger charge is 2.49. The molecule has 1 heterocycles. The Balaban J connectivity index is 1.50. The first-order valence-electron chi connectivity index (χ1n) is 14.9. The number of nitrogens with one attached hydrogen (secondary N) is 2. The summed E-state index contributed by atoms with van der Waals surface area (Å²) in [5.74, 6) is -2.14. The molecule has 46 heavy (non-hydrogen) atoms. The van der Waals surface area contributed by atoms with Gasteiger partial charge in [-0.1, -0.05) is 84.6 Å². The molecule has 244 valence electrons. The van der Waals surface area contributed by atoms with E-state index in [-0.39, 0.29) is 29.9 Å². The minimum absolute atomic E-state index is 0.0383. The quantitative estimate of drug-likeness (QED) is 0.224. The van der Waals surface area contributed by atoms with Crippen LogP contribution in [0.1, 0.15) is 70.3 Å². The first-order chi connectivity index (χ1) is 22.0. The van der Waals surface area contributed by atoms with Crippen molar-refractivity contribution < 1.29 is 32.4 Å². The molecule has 10 nitrogen and oxygen atoms in total. The maximum Gasteiger partial charge on any atom is 0.309 e. The van der Waals surface area contributed by atoms with Crippen molar-refractivity contribution in [1.82, 2.24) is 15.1 Å². The summed E-state index contributed by atoms with van der Waals surface area (Å²) < 4.78 is 32.2. The molecule has 0 aromatic heterocycles. The van der Waals surface area contributed by atoms with E-state index >= 15 is 0 Å². The number of esters is 1. The van der Waals surface area contributed by atoms with Crippen LogP contribution in [0.25, 0.3) is 0 Å². The summed E-state index contributed by atoms with van der Waals surface area (Å²) in [6, 6.07) is 16.9. The SMILES string of the molecule is COC(=O)Cc1ccc(CONC(=O)[C@@H]2c3ccccc3C(=O)N([C@H]3CCCC[C@@H]3NS(C)(=O)=O)[C@H]2c2ccc(Cl)cc2Cl)cc1. The Hall–Kier alpha value is -3.48. The van der Waals surface area contributed by atoms with E-state index in [0.717, 1.165) is 30.2 Å². The average molecular weight is 689 g/mol. The maximum atomic E-state index is 14.4. The van der Waals surface area contributed by atoms with E-state index in [1.165, 1.54) is 7.11 Å². The number of hydrogen-bond acceptors (Lipinski definition) is 7. The fraction of sp³-hybridized carbons (Fsp3) is 0.364. The number of hydrogen-bond donors (Lipinski definition) is 2. The van der Waals surface area contributed by atoms with Gasteiger partial charge in [0.25, 0.3) is 11.8 Å². The van der Waals surface area contributed by atoms with E-state index in [4.69, 9.17) is 32.8 Å². The van der Waals surface area contributed by atoms with Gasteiger partial charge in [0, 0.05) is 27.7 Å². The summed E-state index contributed by atoms with van der Waals surface area (Å²) in [7, 11) is -2.27. The molecule has 0 bridgehead atoms. The second-order valence-electron chi connectivity index (χ2n) is 11.6. The third-order valence-electron chi connectivity index (χ3n) is 8.40. The Morgan fingerprint density at radius 2 is 1.65 bits per heavy atom. The second-order valence-corrected chi connectivity index (χ2v) is 14.2. The number of methoxy groups -OCH3 is 1. The Morgan fingerprint density at radius 3 is 2.35 bits per heavy atom. The molecule has 1 saturated carbocycles. The van der Waals surface area contributed by atoms with Crippen LogP contribution in [-0.2, 0) is 42.2 Å². The van der Waals surface area contributed by atoms with Crippen LogP contribution in [0.5, 0.6) is 0 Å². The van der Waals surface area contributed by atoms with Crippen molar-refractivity contribution in [3.05, 3.63) is 105 Å². The lowest BCUT2D eigenvalue weighted by molar-refractivity contribution is -0.140. The summed E-state index contributed by atoms with van der Waals surface area (Å²) in [6.07, 6.45) is 3.86. The molecule has 0 saturated heterocycles. The van der Waals surface area contributed by atoms with Gasteiger partial charge in [-0.05, 0) is 53.3 Å². The zero-order valence-corrected chi connectivity index (χ0v) is 27.7. The van der Waals surface area contributed by atoms with E-state index in [1.54, 1.807) is 71.6 Å². The van der Waals surface area contributed by atoms with E-state index < -0.39 is 40.0 Å². The molecule has 2 amide bonds. The van der Waals surface area contributed by atoms with Crippen LogP contribution in [0.3, 0.4) is 0 Å². The largest absolute Gasteiger partial charge is 0.469 e. The number of carbonyl (C=O) groups is 3. The number of ether oxygens (including phenoxy) is 1. The van der Waals surface area contributed by atoms with E-state index in [2.05, 4.69) is 10.2 Å². The first kappa shape index (κ1) is 33.9. The smallest absolute Gasteiger partial charge is 0.309 e. The average Bonchev–Trinajstić information content (AvgIpc) is 3.01. The van der Waals surface area contributed by atoms with Crippen molar-refractivity contribution in [3.8, 4) is 0 Å². The summed E-state index contributed by atoms with van der Waals surface area (Å²) >= 11 is 13.0. The predicted molar refractivity (Wildman–Crippen MR) is 174 cm³/mol. The zero-order chi connectivity index (χ0) is 33.0. The van der Waals surface area contributed by atoms with Crippen molar-refractivity contribution in [2.24, 2.45) is 0 Å². The standard InChI is InChI=1S/C33H35Cl2N3O7S/c1-44-29(39)17-20-11-13-21(14-12-20)19-45-36-32(40)30-23-7-3-4-8-24(23)33(41)38(31(30)25-16-15-22(34)18-26(25)35)28-10-6-5-9-27(28)37-46(2,42)43/h3-4,7-8,11-16,18,27-28,30-31,37H,5-6,9-10,17,19H2,1-2H3,(H,36,40)/t27-,28-,30+,31-/m0/s1. The Kier molecular flexibility index (Phi) is 10.7. The number of rotatable bonds is 10. The molecule has 4 atom stereocenters. The number of carbonyl (C=O) groups excluding carboxylic acids is 3. The predicted octanol–water partition coefficient (Wildman–Crippen LogP) is 5.10. The van der Waals surface area contributed by atoms with Crippen molar-refractivity contribution >= 4 is 51.0 Å². The van der Waals surface area contributed by atoms with Crippen LogP contribution in [0.2, 0.25) is 10.0 Å². The monoisotopic (exact) mass is 687 g/mol. The molecular weight excluding hydrogens is 653 g/mol. The number of fused-ring (bicyclic) bond motifs is 1. The third kappa shape index (κ3) is 7.72. The summed E-state index contributed by atoms with van der Waals surface area (Å²) in [5.41, 5.74) is 5.45. The molecule has 3 aromatic rings. The highest BCUT2D eigenvalue weighted by molar-refractivity contribution is 7.88. The molecule has 0 spiro atoms. The molecule has 1 fully saturated rings. The van der Waals surface area contributed by atoms with Gasteiger partial charge in [0.05, 0.1) is 38.4 Å². The van der Waals surface area contributed by atoms with Gasteiger partial charge >= 0.3 is 5.97 Å². The highest BCUT2D eigenvalue weighted by atomic mass is 35.5. The molecule has 13 heteroatoms. The van der Waals surface area contributed by atoms with Gasteiger partial charge in [-0.15, -0.1) is 0 Å². The molecule has 2 aliphatic rings. The normalized spacial score (nSPS) is 21.4. The molecule has 1 aliphatic heterocycles. The molecular formula is C33H35Cl2N3O7S. The van der Waals surface area contributed by atoms with Gasteiger partial charge in [-0.2, -0.15) is 0 Å². The maximum absolute atomic E-state index is 14.4. The van der Waals surface area contributed by atoms with Gasteiger partial charge < -0.3 is 9.64 Å². The molecule has 1 aliphatic carbocycles. The third-order valence-corrected chi connectivity index (χ3v) is 9.70. The molecule has 2 N–H and O–H groups in total. The van der Waals surface area contributed by atoms with Gasteiger partial charge in [0.15, 0.2) is 0 Å². The molecule has 3 aromatic carbocycles. The van der Waals surface area contributed by atoms with Crippen LogP contribution >= 0.6 is 23.2 Å². The van der Waals surface area contributed by atoms with Crippen LogP contribution in [0.4, 0.5) is 0 Å². The van der Waals surface area contributed by atoms with E-state index in [0.29, 0.717) is 34.6 Å². The number of benzene rings is 3.